The van der Waals surface area contributed by atoms with Crippen molar-refractivity contribution in [1.29, 1.82) is 0 Å². The minimum Gasteiger partial charge on any atom is -0.362 e. The van der Waals surface area contributed by atoms with Gasteiger partial charge in [0.05, 0.1) is 0 Å². The van der Waals surface area contributed by atoms with Gasteiger partial charge in [-0.3, -0.25) is 0 Å². The number of rotatable bonds is 3. The van der Waals surface area contributed by atoms with Crippen LogP contribution in [0.2, 0.25) is 0 Å². The van der Waals surface area contributed by atoms with E-state index in [0.717, 1.165) is 12.8 Å². The van der Waals surface area contributed by atoms with E-state index in [4.69, 9.17) is 4.74 Å². The van der Waals surface area contributed by atoms with Crippen molar-refractivity contribution in [2.45, 2.75) is 32.0 Å². The second-order valence-corrected chi connectivity index (χ2v) is 3.12. The van der Waals surface area contributed by atoms with Gasteiger partial charge >= 0.3 is 0 Å². The quantitative estimate of drug-likeness (QED) is 0.653. The van der Waals surface area contributed by atoms with Crippen LogP contribution >= 0.6 is 0 Å². The van der Waals surface area contributed by atoms with Gasteiger partial charge in [-0.05, 0) is 12.5 Å². The van der Waals surface area contributed by atoms with Gasteiger partial charge < -0.3 is 9.84 Å². The zero-order valence-electron chi connectivity index (χ0n) is 7.71. The molecule has 0 bridgehead atoms. The smallest absolute Gasteiger partial charge is 0.188 e. The SMILES string of the molecule is CCCC1=CCC(O)(OC)C=C1. The largest absolute Gasteiger partial charge is 0.362 e. The van der Waals surface area contributed by atoms with Crippen LogP contribution < -0.4 is 0 Å². The summed E-state index contributed by atoms with van der Waals surface area (Å²) in [4.78, 5) is 0. The van der Waals surface area contributed by atoms with Crippen molar-refractivity contribution in [2.24, 2.45) is 0 Å². The third-order valence-electron chi connectivity index (χ3n) is 2.11. The summed E-state index contributed by atoms with van der Waals surface area (Å²) in [5.74, 6) is -1.06. The first-order valence-electron chi connectivity index (χ1n) is 4.36. The van der Waals surface area contributed by atoms with Crippen LogP contribution in [0.3, 0.4) is 0 Å². The lowest BCUT2D eigenvalue weighted by Gasteiger charge is -2.24. The molecule has 0 amide bonds. The van der Waals surface area contributed by atoms with E-state index in [-0.39, 0.29) is 0 Å². The van der Waals surface area contributed by atoms with Crippen LogP contribution in [0.1, 0.15) is 26.2 Å². The molecule has 12 heavy (non-hydrogen) atoms. The van der Waals surface area contributed by atoms with Crippen molar-refractivity contribution >= 4 is 0 Å². The topological polar surface area (TPSA) is 29.5 Å². The summed E-state index contributed by atoms with van der Waals surface area (Å²) in [6.45, 7) is 2.14. The second-order valence-electron chi connectivity index (χ2n) is 3.12. The normalized spacial score (nSPS) is 28.8. The predicted octanol–water partition coefficient (Wildman–Crippen LogP) is 2.01. The molecular formula is C10H16O2. The Balaban J connectivity index is 2.55. The number of ether oxygens (including phenoxy) is 1. The highest BCUT2D eigenvalue weighted by molar-refractivity contribution is 5.25. The molecule has 0 radical (unpaired) electrons. The van der Waals surface area contributed by atoms with Crippen molar-refractivity contribution in [3.63, 3.8) is 0 Å². The highest BCUT2D eigenvalue weighted by Crippen LogP contribution is 2.23. The Hall–Kier alpha value is -0.600. The molecule has 1 aliphatic carbocycles. The van der Waals surface area contributed by atoms with E-state index < -0.39 is 5.79 Å². The van der Waals surface area contributed by atoms with Crippen molar-refractivity contribution < 1.29 is 9.84 Å². The van der Waals surface area contributed by atoms with Crippen molar-refractivity contribution in [1.82, 2.24) is 0 Å². The summed E-state index contributed by atoms with van der Waals surface area (Å²) < 4.78 is 4.93. The van der Waals surface area contributed by atoms with Crippen LogP contribution in [0.4, 0.5) is 0 Å². The molecule has 0 aromatic heterocycles. The van der Waals surface area contributed by atoms with Gasteiger partial charge in [0.2, 0.25) is 0 Å². The number of hydrogen-bond donors (Lipinski definition) is 1. The fraction of sp³-hybridized carbons (Fsp3) is 0.600. The molecule has 0 aromatic rings. The minimum atomic E-state index is -1.06. The summed E-state index contributed by atoms with van der Waals surface area (Å²) in [6.07, 6.45) is 8.48. The van der Waals surface area contributed by atoms with Crippen molar-refractivity contribution in [2.75, 3.05) is 7.11 Å². The van der Waals surface area contributed by atoms with Gasteiger partial charge in [-0.1, -0.05) is 31.1 Å². The minimum absolute atomic E-state index is 0.565. The standard InChI is InChI=1S/C10H16O2/c1-3-4-9-5-7-10(11,12-2)8-6-9/h5-7,11H,3-4,8H2,1-2H3. The maximum atomic E-state index is 9.61. The predicted molar refractivity (Wildman–Crippen MR) is 48.7 cm³/mol. The zero-order valence-corrected chi connectivity index (χ0v) is 7.71. The lowest BCUT2D eigenvalue weighted by Crippen LogP contribution is -2.28. The molecule has 2 heteroatoms. The zero-order chi connectivity index (χ0) is 9.03. The molecule has 0 aromatic carbocycles. The molecule has 2 nitrogen and oxygen atoms in total. The fourth-order valence-corrected chi connectivity index (χ4v) is 1.28. The Morgan fingerprint density at radius 1 is 1.67 bits per heavy atom. The highest BCUT2D eigenvalue weighted by Gasteiger charge is 2.23. The Kier molecular flexibility index (Phi) is 3.06. The first kappa shape index (κ1) is 9.49. The molecule has 0 saturated carbocycles. The molecular weight excluding hydrogens is 152 g/mol. The first-order valence-corrected chi connectivity index (χ1v) is 4.36. The van der Waals surface area contributed by atoms with E-state index in [9.17, 15) is 5.11 Å². The average Bonchev–Trinajstić information content (AvgIpc) is 2.10. The number of methoxy groups -OCH3 is 1. The number of allylic oxidation sites excluding steroid dienone is 2. The Bertz CT molecular complexity index is 206. The van der Waals surface area contributed by atoms with Gasteiger partial charge in [-0.2, -0.15) is 0 Å². The van der Waals surface area contributed by atoms with Crippen molar-refractivity contribution in [3.8, 4) is 0 Å². The molecule has 0 aliphatic heterocycles. The van der Waals surface area contributed by atoms with Gasteiger partial charge in [-0.15, -0.1) is 0 Å². The van der Waals surface area contributed by atoms with Gasteiger partial charge in [0, 0.05) is 13.5 Å². The summed E-state index contributed by atoms with van der Waals surface area (Å²) in [5.41, 5.74) is 1.29. The van der Waals surface area contributed by atoms with Gasteiger partial charge in [0.1, 0.15) is 0 Å². The van der Waals surface area contributed by atoms with Crippen LogP contribution in [0, 0.1) is 0 Å². The van der Waals surface area contributed by atoms with Crippen LogP contribution in [-0.2, 0) is 4.74 Å². The third kappa shape index (κ3) is 2.19. The molecule has 1 aliphatic rings. The average molecular weight is 168 g/mol. The van der Waals surface area contributed by atoms with E-state index in [2.05, 4.69) is 6.92 Å². The Morgan fingerprint density at radius 3 is 2.83 bits per heavy atom. The molecule has 1 N–H and O–H groups in total. The highest BCUT2D eigenvalue weighted by atomic mass is 16.6. The first-order chi connectivity index (χ1) is 5.70. The fourth-order valence-electron chi connectivity index (χ4n) is 1.28. The van der Waals surface area contributed by atoms with Gasteiger partial charge in [-0.25, -0.2) is 0 Å². The van der Waals surface area contributed by atoms with Crippen LogP contribution in [0.5, 0.6) is 0 Å². The van der Waals surface area contributed by atoms with Crippen LogP contribution in [-0.4, -0.2) is 18.0 Å². The van der Waals surface area contributed by atoms with Gasteiger partial charge in [0.25, 0.3) is 0 Å². The lowest BCUT2D eigenvalue weighted by atomic mass is 9.99. The second kappa shape index (κ2) is 3.87. The molecule has 0 heterocycles. The molecule has 0 spiro atoms. The molecule has 1 rings (SSSR count). The summed E-state index contributed by atoms with van der Waals surface area (Å²) in [5, 5.41) is 9.61. The lowest BCUT2D eigenvalue weighted by molar-refractivity contribution is -0.143. The maximum Gasteiger partial charge on any atom is 0.188 e. The number of hydrogen-bond acceptors (Lipinski definition) is 2. The molecule has 1 atom stereocenters. The molecule has 0 saturated heterocycles. The molecule has 1 unspecified atom stereocenters. The molecule has 68 valence electrons. The van der Waals surface area contributed by atoms with E-state index >= 15 is 0 Å². The third-order valence-corrected chi connectivity index (χ3v) is 2.11. The maximum absolute atomic E-state index is 9.61. The summed E-state index contributed by atoms with van der Waals surface area (Å²) in [6, 6.07) is 0. The summed E-state index contributed by atoms with van der Waals surface area (Å²) in [7, 11) is 1.52. The van der Waals surface area contributed by atoms with E-state index in [1.54, 1.807) is 6.08 Å². The van der Waals surface area contributed by atoms with E-state index in [1.165, 1.54) is 12.7 Å². The Morgan fingerprint density at radius 2 is 2.42 bits per heavy atom. The summed E-state index contributed by atoms with van der Waals surface area (Å²) >= 11 is 0. The van der Waals surface area contributed by atoms with E-state index in [0.29, 0.717) is 6.42 Å². The van der Waals surface area contributed by atoms with Crippen LogP contribution in [0.15, 0.2) is 23.8 Å². The van der Waals surface area contributed by atoms with Crippen LogP contribution in [0.25, 0.3) is 0 Å². The van der Waals surface area contributed by atoms with Crippen molar-refractivity contribution in [3.05, 3.63) is 23.8 Å². The Labute approximate surface area is 73.5 Å². The van der Waals surface area contributed by atoms with E-state index in [1.807, 2.05) is 12.2 Å². The monoisotopic (exact) mass is 168 g/mol. The number of aliphatic hydroxyl groups is 1. The van der Waals surface area contributed by atoms with Gasteiger partial charge in [0.15, 0.2) is 5.79 Å². The molecule has 0 fully saturated rings.